The van der Waals surface area contributed by atoms with Gasteiger partial charge in [-0.15, -0.1) is 0 Å². The minimum absolute atomic E-state index is 0.0233. The summed E-state index contributed by atoms with van der Waals surface area (Å²) < 4.78 is 10.6. The third-order valence-corrected chi connectivity index (χ3v) is 6.37. The smallest absolute Gasteiger partial charge is 0.303 e. The molecule has 3 rings (SSSR count). The van der Waals surface area contributed by atoms with Gasteiger partial charge in [-0.3, -0.25) is 14.4 Å². The Labute approximate surface area is 183 Å². The number of hydrogen-bond acceptors (Lipinski definition) is 5. The third kappa shape index (κ3) is 5.89. The molecule has 2 amide bonds. The van der Waals surface area contributed by atoms with Gasteiger partial charge < -0.3 is 24.4 Å². The first kappa shape index (κ1) is 22.9. The molecule has 2 saturated heterocycles. The summed E-state index contributed by atoms with van der Waals surface area (Å²) in [4.78, 5) is 39.8. The molecule has 2 heterocycles. The average molecular weight is 433 g/mol. The number of hydrogen-bond donors (Lipinski definition) is 1. The zero-order valence-corrected chi connectivity index (χ0v) is 18.3. The number of nitrogens with zero attached hydrogens (tertiary/aromatic N) is 2. The van der Waals surface area contributed by atoms with Crippen LogP contribution in [0.4, 0.5) is 0 Å². The van der Waals surface area contributed by atoms with Crippen LogP contribution in [-0.4, -0.2) is 73.1 Å². The van der Waals surface area contributed by atoms with Crippen LogP contribution in [0.5, 0.6) is 11.5 Å². The zero-order chi connectivity index (χ0) is 22.4. The number of carboxylic acid groups (broad SMARTS) is 1. The molecule has 1 N–H and O–H groups in total. The Morgan fingerprint density at radius 1 is 1.13 bits per heavy atom. The Kier molecular flexibility index (Phi) is 7.76. The number of carboxylic acids is 1. The molecule has 8 nitrogen and oxygen atoms in total. The molecule has 1 aromatic rings. The molecule has 1 atom stereocenters. The van der Waals surface area contributed by atoms with Crippen molar-refractivity contribution in [2.24, 2.45) is 11.8 Å². The lowest BCUT2D eigenvalue weighted by Gasteiger charge is -2.33. The summed E-state index contributed by atoms with van der Waals surface area (Å²) in [7, 11) is 3.19. The lowest BCUT2D eigenvalue weighted by atomic mass is 9.91. The summed E-state index contributed by atoms with van der Waals surface area (Å²) in [5.41, 5.74) is 1.05. The molecule has 1 aromatic carbocycles. The number of amides is 2. The highest BCUT2D eigenvalue weighted by atomic mass is 16.5. The second-order valence-corrected chi connectivity index (χ2v) is 8.38. The van der Waals surface area contributed by atoms with Crippen molar-refractivity contribution in [3.63, 3.8) is 0 Å². The topological polar surface area (TPSA) is 96.4 Å². The van der Waals surface area contributed by atoms with Gasteiger partial charge in [0, 0.05) is 39.0 Å². The Hall–Kier alpha value is -2.77. The molecule has 0 aromatic heterocycles. The summed E-state index contributed by atoms with van der Waals surface area (Å²) in [6.45, 7) is 2.33. The molecular formula is C23H32N2O6. The highest BCUT2D eigenvalue weighted by Gasteiger charge is 2.37. The fourth-order valence-electron chi connectivity index (χ4n) is 4.48. The molecule has 0 unspecified atom stereocenters. The second kappa shape index (κ2) is 10.5. The molecule has 2 aliphatic rings. The van der Waals surface area contributed by atoms with Gasteiger partial charge in [-0.25, -0.2) is 0 Å². The Bertz CT molecular complexity index is 803. The van der Waals surface area contributed by atoms with Crippen LogP contribution in [0.2, 0.25) is 0 Å². The first-order chi connectivity index (χ1) is 14.9. The van der Waals surface area contributed by atoms with Crippen LogP contribution in [0.15, 0.2) is 18.2 Å². The largest absolute Gasteiger partial charge is 0.493 e. The van der Waals surface area contributed by atoms with Crippen molar-refractivity contribution in [3.8, 4) is 11.5 Å². The number of likely N-dealkylation sites (tertiary alicyclic amines) is 2. The molecular weight excluding hydrogens is 400 g/mol. The van der Waals surface area contributed by atoms with Gasteiger partial charge in [-0.2, -0.15) is 0 Å². The average Bonchev–Trinajstić information content (AvgIpc) is 3.16. The number of rotatable bonds is 9. The van der Waals surface area contributed by atoms with Crippen molar-refractivity contribution in [2.75, 3.05) is 40.4 Å². The van der Waals surface area contributed by atoms with Crippen LogP contribution in [0.3, 0.4) is 0 Å². The van der Waals surface area contributed by atoms with E-state index in [9.17, 15) is 14.4 Å². The highest BCUT2D eigenvalue weighted by Crippen LogP contribution is 2.29. The molecule has 0 aliphatic carbocycles. The highest BCUT2D eigenvalue weighted by molar-refractivity contribution is 5.89. The van der Waals surface area contributed by atoms with Gasteiger partial charge in [-0.05, 0) is 49.3 Å². The van der Waals surface area contributed by atoms with Crippen LogP contribution >= 0.6 is 0 Å². The van der Waals surface area contributed by atoms with Crippen molar-refractivity contribution in [1.82, 2.24) is 9.80 Å². The quantitative estimate of drug-likeness (QED) is 0.643. The Morgan fingerprint density at radius 2 is 1.84 bits per heavy atom. The van der Waals surface area contributed by atoms with E-state index >= 15 is 0 Å². The number of aliphatic carboxylic acids is 1. The lowest BCUT2D eigenvalue weighted by molar-refractivity contribution is -0.139. The Morgan fingerprint density at radius 3 is 2.48 bits per heavy atom. The number of piperidine rings is 1. The fourth-order valence-corrected chi connectivity index (χ4v) is 4.48. The van der Waals surface area contributed by atoms with E-state index in [4.69, 9.17) is 14.6 Å². The van der Waals surface area contributed by atoms with Crippen LogP contribution in [0.25, 0.3) is 0 Å². The normalized spacial score (nSPS) is 19.5. The van der Waals surface area contributed by atoms with E-state index in [2.05, 4.69) is 0 Å². The minimum atomic E-state index is -0.767. The summed E-state index contributed by atoms with van der Waals surface area (Å²) >= 11 is 0. The fraction of sp³-hybridized carbons (Fsp3) is 0.609. The molecule has 0 bridgehead atoms. The Balaban J connectivity index is 1.48. The number of carbonyl (C=O) groups is 3. The van der Waals surface area contributed by atoms with Gasteiger partial charge in [0.2, 0.25) is 11.8 Å². The van der Waals surface area contributed by atoms with Crippen LogP contribution in [0.1, 0.15) is 37.7 Å². The maximum atomic E-state index is 12.9. The number of methoxy groups -OCH3 is 2. The van der Waals surface area contributed by atoms with Crippen molar-refractivity contribution < 1.29 is 29.0 Å². The molecule has 170 valence electrons. The molecule has 31 heavy (non-hydrogen) atoms. The zero-order valence-electron chi connectivity index (χ0n) is 18.3. The van der Waals surface area contributed by atoms with Gasteiger partial charge >= 0.3 is 5.97 Å². The summed E-state index contributed by atoms with van der Waals surface area (Å²) in [6.07, 6.45) is 3.48. The maximum Gasteiger partial charge on any atom is 0.303 e. The van der Waals surface area contributed by atoms with E-state index in [1.807, 2.05) is 23.1 Å². The lowest BCUT2D eigenvalue weighted by Crippen LogP contribution is -2.42. The maximum absolute atomic E-state index is 12.9. The van der Waals surface area contributed by atoms with Crippen LogP contribution < -0.4 is 9.47 Å². The van der Waals surface area contributed by atoms with Crippen LogP contribution in [0, 0.1) is 11.8 Å². The van der Waals surface area contributed by atoms with E-state index < -0.39 is 5.97 Å². The molecule has 2 aliphatic heterocycles. The number of carbonyl (C=O) groups excluding carboxylic acids is 2. The molecule has 8 heteroatoms. The van der Waals surface area contributed by atoms with Gasteiger partial charge in [-0.1, -0.05) is 6.07 Å². The summed E-state index contributed by atoms with van der Waals surface area (Å²) in [5.74, 6) is 0.718. The van der Waals surface area contributed by atoms with Crippen molar-refractivity contribution in [2.45, 2.75) is 38.5 Å². The predicted octanol–water partition coefficient (Wildman–Crippen LogP) is 2.20. The predicted molar refractivity (Wildman–Crippen MR) is 114 cm³/mol. The third-order valence-electron chi connectivity index (χ3n) is 6.37. The van der Waals surface area contributed by atoms with Gasteiger partial charge in [0.1, 0.15) is 0 Å². The second-order valence-electron chi connectivity index (χ2n) is 8.38. The van der Waals surface area contributed by atoms with E-state index in [1.54, 1.807) is 19.1 Å². The van der Waals surface area contributed by atoms with Crippen molar-refractivity contribution in [3.05, 3.63) is 23.8 Å². The van der Waals surface area contributed by atoms with Gasteiger partial charge in [0.25, 0.3) is 0 Å². The van der Waals surface area contributed by atoms with Crippen molar-refractivity contribution in [1.29, 1.82) is 0 Å². The first-order valence-corrected chi connectivity index (χ1v) is 10.9. The number of benzene rings is 1. The molecule has 0 saturated carbocycles. The summed E-state index contributed by atoms with van der Waals surface area (Å²) in [6, 6.07) is 5.72. The monoisotopic (exact) mass is 432 g/mol. The van der Waals surface area contributed by atoms with E-state index in [1.165, 1.54) is 0 Å². The van der Waals surface area contributed by atoms with E-state index in [0.717, 1.165) is 18.4 Å². The minimum Gasteiger partial charge on any atom is -0.493 e. The molecule has 0 radical (unpaired) electrons. The number of ether oxygens (including phenoxy) is 2. The standard InChI is InChI=1S/C23H32N2O6/c1-30-19-5-3-17(13-20(19)31-2)9-12-25-15-18(14-21(25)26)23(29)24-10-7-16(8-11-24)4-6-22(27)28/h3,5,13,16,18H,4,6-12,14-15H2,1-2H3,(H,27,28)/t18-/m0/s1. The van der Waals surface area contributed by atoms with Crippen molar-refractivity contribution >= 4 is 17.8 Å². The summed E-state index contributed by atoms with van der Waals surface area (Å²) in [5, 5.41) is 8.83. The van der Waals surface area contributed by atoms with E-state index in [-0.39, 0.29) is 30.6 Å². The van der Waals surface area contributed by atoms with Gasteiger partial charge in [0.05, 0.1) is 20.1 Å². The van der Waals surface area contributed by atoms with Crippen LogP contribution in [-0.2, 0) is 20.8 Å². The van der Waals surface area contributed by atoms with E-state index in [0.29, 0.717) is 56.4 Å². The van der Waals surface area contributed by atoms with Gasteiger partial charge in [0.15, 0.2) is 11.5 Å². The molecule has 2 fully saturated rings. The molecule has 0 spiro atoms. The first-order valence-electron chi connectivity index (χ1n) is 10.9. The SMILES string of the molecule is COc1ccc(CCN2C[C@@H](C(=O)N3CCC(CCC(=O)O)CC3)CC2=O)cc1OC.